The number of morpholine rings is 1. The molecule has 9 heteroatoms. The summed E-state index contributed by atoms with van der Waals surface area (Å²) >= 11 is 0. The molecule has 0 spiro atoms. The normalized spacial score (nSPS) is 14.2. The maximum Gasteiger partial charge on any atom is 0.272 e. The number of nitrogens with zero attached hydrogens (tertiary/aromatic N) is 6. The van der Waals surface area contributed by atoms with Gasteiger partial charge in [-0.3, -0.25) is 4.79 Å². The zero-order valence-corrected chi connectivity index (χ0v) is 18.8. The van der Waals surface area contributed by atoms with Crippen LogP contribution in [0, 0.1) is 6.92 Å². The van der Waals surface area contributed by atoms with Crippen molar-refractivity contribution < 1.29 is 9.47 Å². The van der Waals surface area contributed by atoms with Gasteiger partial charge < -0.3 is 18.9 Å². The van der Waals surface area contributed by atoms with Crippen LogP contribution in [0.5, 0.6) is 0 Å². The summed E-state index contributed by atoms with van der Waals surface area (Å²) in [4.78, 5) is 24.5. The van der Waals surface area contributed by atoms with E-state index in [2.05, 4.69) is 15.0 Å². The van der Waals surface area contributed by atoms with Crippen molar-refractivity contribution >= 4 is 16.9 Å². The Morgan fingerprint density at radius 3 is 2.76 bits per heavy atom. The van der Waals surface area contributed by atoms with Crippen molar-refractivity contribution in [1.29, 1.82) is 0 Å². The van der Waals surface area contributed by atoms with Crippen molar-refractivity contribution in [3.63, 3.8) is 0 Å². The Morgan fingerprint density at radius 2 is 1.97 bits per heavy atom. The van der Waals surface area contributed by atoms with E-state index >= 15 is 0 Å². The van der Waals surface area contributed by atoms with E-state index < -0.39 is 0 Å². The van der Waals surface area contributed by atoms with E-state index in [9.17, 15) is 4.79 Å². The number of fused-ring (bicyclic) bond motifs is 1. The molecule has 4 aromatic rings. The van der Waals surface area contributed by atoms with Gasteiger partial charge in [-0.15, -0.1) is 0 Å². The molecule has 3 aromatic heterocycles. The zero-order chi connectivity index (χ0) is 22.8. The molecule has 1 saturated heterocycles. The Bertz CT molecular complexity index is 1340. The van der Waals surface area contributed by atoms with Crippen molar-refractivity contribution in [2.75, 3.05) is 44.9 Å². The van der Waals surface area contributed by atoms with Crippen LogP contribution in [0.4, 0.5) is 5.69 Å². The molecule has 1 aliphatic heterocycles. The monoisotopic (exact) mass is 446 g/mol. The molecule has 0 aliphatic carbocycles. The van der Waals surface area contributed by atoms with Gasteiger partial charge >= 0.3 is 0 Å². The fourth-order valence-electron chi connectivity index (χ4n) is 4.05. The van der Waals surface area contributed by atoms with Crippen LogP contribution in [-0.4, -0.2) is 64.3 Å². The Labute approximate surface area is 191 Å². The van der Waals surface area contributed by atoms with Crippen LogP contribution in [0.2, 0.25) is 0 Å². The quantitative estimate of drug-likeness (QED) is 0.450. The second-order valence-electron chi connectivity index (χ2n) is 8.04. The zero-order valence-electron chi connectivity index (χ0n) is 18.8. The van der Waals surface area contributed by atoms with Crippen molar-refractivity contribution in [2.24, 2.45) is 0 Å². The van der Waals surface area contributed by atoms with E-state index in [-0.39, 0.29) is 5.56 Å². The number of imidazole rings is 1. The lowest BCUT2D eigenvalue weighted by Crippen LogP contribution is -2.36. The molecule has 170 valence electrons. The van der Waals surface area contributed by atoms with E-state index in [1.165, 1.54) is 10.7 Å². The summed E-state index contributed by atoms with van der Waals surface area (Å²) in [7, 11) is 1.66. The first-order valence-electron chi connectivity index (χ1n) is 11.0. The molecular formula is C24H26N6O3. The number of methoxy groups -OCH3 is 1. The number of aromatic nitrogens is 5. The number of rotatable bonds is 6. The number of aryl methyl sites for hydroxylation is 1. The molecule has 0 radical (unpaired) electrons. The highest BCUT2D eigenvalue weighted by molar-refractivity contribution is 5.87. The summed E-state index contributed by atoms with van der Waals surface area (Å²) in [6.45, 7) is 5.95. The van der Waals surface area contributed by atoms with E-state index in [1.54, 1.807) is 19.5 Å². The maximum atomic E-state index is 12.9. The van der Waals surface area contributed by atoms with Crippen molar-refractivity contribution in [3.05, 3.63) is 64.7 Å². The first-order valence-corrected chi connectivity index (χ1v) is 11.0. The largest absolute Gasteiger partial charge is 0.383 e. The summed E-state index contributed by atoms with van der Waals surface area (Å²) in [6, 6.07) is 13.2. The van der Waals surface area contributed by atoms with Gasteiger partial charge in [0.15, 0.2) is 11.5 Å². The maximum absolute atomic E-state index is 12.9. The average Bonchev–Trinajstić information content (AvgIpc) is 3.26. The molecule has 0 amide bonds. The van der Waals surface area contributed by atoms with Gasteiger partial charge in [0.05, 0.1) is 37.5 Å². The average molecular weight is 447 g/mol. The number of hydrogen-bond acceptors (Lipinski definition) is 7. The lowest BCUT2D eigenvalue weighted by Gasteiger charge is -2.29. The SMILES string of the molecule is COCCn1cnc2c(N3CCOCC3)cc(-n3nc(-c4cccc(C)c4)ccc3=O)nc21. The van der Waals surface area contributed by atoms with Crippen LogP contribution < -0.4 is 10.5 Å². The summed E-state index contributed by atoms with van der Waals surface area (Å²) in [5.74, 6) is 0.461. The van der Waals surface area contributed by atoms with E-state index in [4.69, 9.17) is 14.5 Å². The molecule has 33 heavy (non-hydrogen) atoms. The fraction of sp³-hybridized carbons (Fsp3) is 0.333. The smallest absolute Gasteiger partial charge is 0.272 e. The minimum absolute atomic E-state index is 0.242. The predicted molar refractivity (Wildman–Crippen MR) is 126 cm³/mol. The van der Waals surface area contributed by atoms with Crippen LogP contribution in [0.1, 0.15) is 5.56 Å². The van der Waals surface area contributed by atoms with Crippen molar-refractivity contribution in [3.8, 4) is 17.1 Å². The molecule has 0 saturated carbocycles. The molecular weight excluding hydrogens is 420 g/mol. The third kappa shape index (κ3) is 4.24. The van der Waals surface area contributed by atoms with Gasteiger partial charge in [0.1, 0.15) is 5.52 Å². The van der Waals surface area contributed by atoms with Crippen LogP contribution in [-0.2, 0) is 16.0 Å². The lowest BCUT2D eigenvalue weighted by atomic mass is 10.1. The Balaban J connectivity index is 1.67. The van der Waals surface area contributed by atoms with Gasteiger partial charge in [0, 0.05) is 44.4 Å². The molecule has 1 aromatic carbocycles. The fourth-order valence-corrected chi connectivity index (χ4v) is 4.05. The van der Waals surface area contributed by atoms with Gasteiger partial charge in [0.2, 0.25) is 0 Å². The van der Waals surface area contributed by atoms with E-state index in [0.29, 0.717) is 43.5 Å². The van der Waals surface area contributed by atoms with E-state index in [0.717, 1.165) is 35.4 Å². The van der Waals surface area contributed by atoms with Crippen molar-refractivity contribution in [1.82, 2.24) is 24.3 Å². The summed E-state index contributed by atoms with van der Waals surface area (Å²) in [5.41, 5.74) is 4.95. The van der Waals surface area contributed by atoms with Gasteiger partial charge in [-0.05, 0) is 19.1 Å². The molecule has 0 N–H and O–H groups in total. The highest BCUT2D eigenvalue weighted by Gasteiger charge is 2.20. The number of hydrogen-bond donors (Lipinski definition) is 0. The lowest BCUT2D eigenvalue weighted by molar-refractivity contribution is 0.123. The van der Waals surface area contributed by atoms with Gasteiger partial charge in [0.25, 0.3) is 5.56 Å². The van der Waals surface area contributed by atoms with Gasteiger partial charge in [-0.25, -0.2) is 9.97 Å². The molecule has 0 unspecified atom stereocenters. The van der Waals surface area contributed by atoms with Crippen LogP contribution in [0.25, 0.3) is 28.2 Å². The number of benzene rings is 1. The molecule has 0 atom stereocenters. The third-order valence-electron chi connectivity index (χ3n) is 5.76. The molecule has 9 nitrogen and oxygen atoms in total. The second kappa shape index (κ2) is 9.13. The highest BCUT2D eigenvalue weighted by Crippen LogP contribution is 2.28. The Hall–Kier alpha value is -3.56. The van der Waals surface area contributed by atoms with Crippen LogP contribution in [0.15, 0.2) is 53.6 Å². The van der Waals surface area contributed by atoms with E-state index in [1.807, 2.05) is 41.8 Å². The Kier molecular flexibility index (Phi) is 5.89. The first-order chi connectivity index (χ1) is 16.1. The third-order valence-corrected chi connectivity index (χ3v) is 5.76. The van der Waals surface area contributed by atoms with Crippen LogP contribution >= 0.6 is 0 Å². The summed E-state index contributed by atoms with van der Waals surface area (Å²) in [6.07, 6.45) is 1.77. The van der Waals surface area contributed by atoms with Crippen LogP contribution in [0.3, 0.4) is 0 Å². The number of ether oxygens (including phenoxy) is 2. The minimum atomic E-state index is -0.242. The second-order valence-corrected chi connectivity index (χ2v) is 8.04. The van der Waals surface area contributed by atoms with Gasteiger partial charge in [-0.2, -0.15) is 9.78 Å². The Morgan fingerprint density at radius 1 is 1.12 bits per heavy atom. The topological polar surface area (TPSA) is 87.3 Å². The van der Waals surface area contributed by atoms with Gasteiger partial charge in [-0.1, -0.05) is 23.8 Å². The number of anilines is 1. The molecule has 1 aliphatic rings. The molecule has 1 fully saturated rings. The highest BCUT2D eigenvalue weighted by atomic mass is 16.5. The first kappa shape index (κ1) is 21.3. The summed E-state index contributed by atoms with van der Waals surface area (Å²) in [5, 5.41) is 4.67. The summed E-state index contributed by atoms with van der Waals surface area (Å²) < 4.78 is 14.1. The molecule has 5 rings (SSSR count). The van der Waals surface area contributed by atoms with Crippen molar-refractivity contribution in [2.45, 2.75) is 13.5 Å². The minimum Gasteiger partial charge on any atom is -0.383 e. The molecule has 0 bridgehead atoms. The predicted octanol–water partition coefficient (Wildman–Crippen LogP) is 2.44. The molecule has 4 heterocycles. The standard InChI is InChI=1S/C24H26N6O3/c1-17-4-3-5-18(14-17)19-6-7-22(31)30(27-19)21-15-20(28-9-12-33-13-10-28)23-24(26-21)29(16-25-23)8-11-32-2/h3-7,14-16H,8-13H2,1-2H3. The number of pyridine rings is 1.